The van der Waals surface area contributed by atoms with E-state index >= 15 is 0 Å². The molecule has 0 aliphatic heterocycles. The lowest BCUT2D eigenvalue weighted by molar-refractivity contribution is -0.118. The number of rotatable bonds is 6. The normalized spacial score (nSPS) is 10.8. The summed E-state index contributed by atoms with van der Waals surface area (Å²) < 4.78 is 12.6. The lowest BCUT2D eigenvalue weighted by Crippen LogP contribution is -2.03. The molecule has 0 fully saturated rings. The highest BCUT2D eigenvalue weighted by atomic mass is 19.1. The largest absolute Gasteiger partial charge is 0.299 e. The van der Waals surface area contributed by atoms with Gasteiger partial charge in [-0.2, -0.15) is 0 Å². The first-order valence-electron chi connectivity index (χ1n) is 5.84. The number of hydrogen-bond donors (Lipinski definition) is 0. The van der Waals surface area contributed by atoms with Crippen LogP contribution in [0.1, 0.15) is 38.7 Å². The third-order valence-corrected chi connectivity index (χ3v) is 2.55. The average molecular weight is 222 g/mol. The first kappa shape index (κ1) is 12.9. The summed E-state index contributed by atoms with van der Waals surface area (Å²) in [5.74, 6) is 0.641. The van der Waals surface area contributed by atoms with Gasteiger partial charge in [0.1, 0.15) is 11.6 Å². The molecule has 2 heteroatoms. The molecule has 0 bridgehead atoms. The van der Waals surface area contributed by atoms with Crippen molar-refractivity contribution in [2.75, 3.05) is 0 Å². The van der Waals surface area contributed by atoms with Gasteiger partial charge in [0.2, 0.25) is 0 Å². The Balaban J connectivity index is 2.31. The van der Waals surface area contributed by atoms with Gasteiger partial charge in [-0.1, -0.05) is 32.4 Å². The molecule has 1 aromatic carbocycles. The van der Waals surface area contributed by atoms with Crippen molar-refractivity contribution in [1.29, 1.82) is 0 Å². The molecule has 0 N–H and O–H groups in total. The Kier molecular flexibility index (Phi) is 5.17. The van der Waals surface area contributed by atoms with Crippen LogP contribution in [0.25, 0.3) is 0 Å². The summed E-state index contributed by atoms with van der Waals surface area (Å²) in [6.45, 7) is 4.31. The molecular formula is C14H19FO. The lowest BCUT2D eigenvalue weighted by atomic mass is 10.0. The smallest absolute Gasteiger partial charge is 0.137 e. The van der Waals surface area contributed by atoms with Crippen LogP contribution in [-0.4, -0.2) is 5.78 Å². The van der Waals surface area contributed by atoms with E-state index in [1.807, 2.05) is 0 Å². The van der Waals surface area contributed by atoms with Crippen LogP contribution in [0.15, 0.2) is 24.3 Å². The topological polar surface area (TPSA) is 17.1 Å². The molecule has 0 aliphatic rings. The minimum atomic E-state index is -0.254. The molecule has 0 heterocycles. The lowest BCUT2D eigenvalue weighted by Gasteiger charge is -2.04. The van der Waals surface area contributed by atoms with E-state index in [0.29, 0.717) is 18.8 Å². The molecule has 0 aliphatic carbocycles. The van der Waals surface area contributed by atoms with Crippen molar-refractivity contribution in [2.45, 2.75) is 39.5 Å². The molecule has 1 aromatic rings. The first-order valence-corrected chi connectivity index (χ1v) is 5.84. The van der Waals surface area contributed by atoms with Crippen LogP contribution < -0.4 is 0 Å². The molecule has 1 nitrogen and oxygen atoms in total. The van der Waals surface area contributed by atoms with Crippen LogP contribution in [0.4, 0.5) is 4.39 Å². The van der Waals surface area contributed by atoms with E-state index in [1.54, 1.807) is 12.1 Å². The minimum Gasteiger partial charge on any atom is -0.299 e. The Bertz CT molecular complexity index is 327. The second kappa shape index (κ2) is 6.41. The van der Waals surface area contributed by atoms with Gasteiger partial charge in [-0.3, -0.25) is 4.79 Å². The fraction of sp³-hybridized carbons (Fsp3) is 0.500. The molecule has 0 radical (unpaired) electrons. The fourth-order valence-electron chi connectivity index (χ4n) is 1.63. The van der Waals surface area contributed by atoms with Gasteiger partial charge in [0, 0.05) is 12.8 Å². The highest BCUT2D eigenvalue weighted by Crippen LogP contribution is 2.09. The van der Waals surface area contributed by atoms with Gasteiger partial charge in [-0.25, -0.2) is 4.39 Å². The van der Waals surface area contributed by atoms with Gasteiger partial charge in [-0.15, -0.1) is 0 Å². The van der Waals surface area contributed by atoms with E-state index in [-0.39, 0.29) is 11.6 Å². The SMILES string of the molecule is CC(C)CCCC(=O)Cc1ccc(F)cc1. The number of Topliss-reactive ketones (excluding diaryl/α,β-unsaturated/α-hetero) is 1. The minimum absolute atomic E-state index is 0.243. The Morgan fingerprint density at radius 1 is 1.25 bits per heavy atom. The Morgan fingerprint density at radius 2 is 1.88 bits per heavy atom. The number of carbonyl (C=O) groups excluding carboxylic acids is 1. The Hall–Kier alpha value is -1.18. The zero-order valence-electron chi connectivity index (χ0n) is 10.0. The zero-order chi connectivity index (χ0) is 12.0. The molecule has 16 heavy (non-hydrogen) atoms. The third-order valence-electron chi connectivity index (χ3n) is 2.55. The van der Waals surface area contributed by atoms with E-state index in [1.165, 1.54) is 12.1 Å². The molecule has 0 amide bonds. The number of benzene rings is 1. The van der Waals surface area contributed by atoms with E-state index < -0.39 is 0 Å². The van der Waals surface area contributed by atoms with E-state index in [9.17, 15) is 9.18 Å². The van der Waals surface area contributed by atoms with Gasteiger partial charge in [0.15, 0.2) is 0 Å². The molecule has 0 saturated carbocycles. The zero-order valence-corrected chi connectivity index (χ0v) is 10.0. The summed E-state index contributed by atoms with van der Waals surface area (Å²) in [4.78, 5) is 11.6. The van der Waals surface area contributed by atoms with Gasteiger partial charge >= 0.3 is 0 Å². The van der Waals surface area contributed by atoms with E-state index in [2.05, 4.69) is 13.8 Å². The number of ketones is 1. The second-order valence-electron chi connectivity index (χ2n) is 4.63. The molecular weight excluding hydrogens is 203 g/mol. The van der Waals surface area contributed by atoms with Gasteiger partial charge in [0.05, 0.1) is 0 Å². The van der Waals surface area contributed by atoms with Crippen molar-refractivity contribution >= 4 is 5.78 Å². The molecule has 0 saturated heterocycles. The maximum atomic E-state index is 12.6. The number of hydrogen-bond acceptors (Lipinski definition) is 1. The van der Waals surface area contributed by atoms with Gasteiger partial charge in [-0.05, 0) is 30.0 Å². The maximum Gasteiger partial charge on any atom is 0.137 e. The Morgan fingerprint density at radius 3 is 2.44 bits per heavy atom. The summed E-state index contributed by atoms with van der Waals surface area (Å²) in [6.07, 6.45) is 3.11. The van der Waals surface area contributed by atoms with Crippen LogP contribution in [0.2, 0.25) is 0 Å². The maximum absolute atomic E-state index is 12.6. The predicted octanol–water partition coefficient (Wildman–Crippen LogP) is 3.76. The van der Waals surface area contributed by atoms with Crippen LogP contribution in [-0.2, 0) is 11.2 Å². The molecule has 1 rings (SSSR count). The quantitative estimate of drug-likeness (QED) is 0.716. The first-order chi connectivity index (χ1) is 7.58. The van der Waals surface area contributed by atoms with Crippen LogP contribution in [0.5, 0.6) is 0 Å². The van der Waals surface area contributed by atoms with Gasteiger partial charge < -0.3 is 0 Å². The van der Waals surface area contributed by atoms with E-state index in [4.69, 9.17) is 0 Å². The molecule has 0 aromatic heterocycles. The molecule has 0 unspecified atom stereocenters. The van der Waals surface area contributed by atoms with Crippen LogP contribution >= 0.6 is 0 Å². The summed E-state index contributed by atoms with van der Waals surface area (Å²) in [5.41, 5.74) is 0.899. The standard InChI is InChI=1S/C14H19FO/c1-11(2)4-3-5-14(16)10-12-6-8-13(15)9-7-12/h6-9,11H,3-5,10H2,1-2H3. The summed E-state index contributed by atoms with van der Waals surface area (Å²) in [5, 5.41) is 0. The van der Waals surface area contributed by atoms with Crippen LogP contribution in [0, 0.1) is 11.7 Å². The highest BCUT2D eigenvalue weighted by Gasteiger charge is 2.04. The van der Waals surface area contributed by atoms with Crippen molar-refractivity contribution in [3.05, 3.63) is 35.6 Å². The third kappa shape index (κ3) is 5.06. The van der Waals surface area contributed by atoms with Crippen molar-refractivity contribution < 1.29 is 9.18 Å². The summed E-state index contributed by atoms with van der Waals surface area (Å²) >= 11 is 0. The number of carbonyl (C=O) groups is 1. The van der Waals surface area contributed by atoms with E-state index in [0.717, 1.165) is 18.4 Å². The highest BCUT2D eigenvalue weighted by molar-refractivity contribution is 5.80. The predicted molar refractivity (Wildman–Crippen MR) is 63.8 cm³/mol. The molecule has 0 atom stereocenters. The number of halogens is 1. The van der Waals surface area contributed by atoms with Crippen LogP contribution in [0.3, 0.4) is 0 Å². The monoisotopic (exact) mass is 222 g/mol. The molecule has 88 valence electrons. The average Bonchev–Trinajstić information content (AvgIpc) is 2.21. The fourth-order valence-corrected chi connectivity index (χ4v) is 1.63. The van der Waals surface area contributed by atoms with Crippen molar-refractivity contribution in [3.63, 3.8) is 0 Å². The Labute approximate surface area is 96.7 Å². The second-order valence-corrected chi connectivity index (χ2v) is 4.63. The molecule has 0 spiro atoms. The summed E-state index contributed by atoms with van der Waals surface area (Å²) in [7, 11) is 0. The van der Waals surface area contributed by atoms with Gasteiger partial charge in [0.25, 0.3) is 0 Å². The van der Waals surface area contributed by atoms with Crippen molar-refractivity contribution in [1.82, 2.24) is 0 Å². The van der Waals surface area contributed by atoms with Crippen molar-refractivity contribution in [2.24, 2.45) is 5.92 Å². The summed E-state index contributed by atoms with van der Waals surface area (Å²) in [6, 6.07) is 6.15. The van der Waals surface area contributed by atoms with Crippen molar-refractivity contribution in [3.8, 4) is 0 Å².